The molecule has 0 radical (unpaired) electrons. The number of likely N-dealkylation sites (N-methyl/N-ethyl adjacent to an activating group) is 1. The number of pyridine rings is 1. The molecule has 0 fully saturated rings. The van der Waals surface area contributed by atoms with Gasteiger partial charge in [-0.1, -0.05) is 13.0 Å². The van der Waals surface area contributed by atoms with Crippen LogP contribution >= 0.6 is 0 Å². The lowest BCUT2D eigenvalue weighted by atomic mass is 10.1. The molecule has 1 aromatic carbocycles. The van der Waals surface area contributed by atoms with E-state index in [4.69, 9.17) is 5.11 Å². The Hall–Kier alpha value is -2.01. The molecule has 106 valence electrons. The van der Waals surface area contributed by atoms with Crippen molar-refractivity contribution in [2.24, 2.45) is 0 Å². The SMILES string of the molecule is CCC(C(=O)O)N(C)Cc1ccc(F)c2cccnc12. The number of halogens is 1. The summed E-state index contributed by atoms with van der Waals surface area (Å²) in [7, 11) is 1.75. The summed E-state index contributed by atoms with van der Waals surface area (Å²) >= 11 is 0. The second kappa shape index (κ2) is 5.96. The van der Waals surface area contributed by atoms with Crippen molar-refractivity contribution >= 4 is 16.9 Å². The minimum atomic E-state index is -0.852. The lowest BCUT2D eigenvalue weighted by Gasteiger charge is -2.23. The number of carboxylic acids is 1. The Bertz CT molecular complexity index is 630. The van der Waals surface area contributed by atoms with Gasteiger partial charge in [0.1, 0.15) is 11.9 Å². The van der Waals surface area contributed by atoms with E-state index in [1.54, 1.807) is 36.3 Å². The summed E-state index contributed by atoms with van der Waals surface area (Å²) in [4.78, 5) is 17.1. The largest absolute Gasteiger partial charge is 0.480 e. The average molecular weight is 276 g/mol. The molecule has 0 aliphatic rings. The van der Waals surface area contributed by atoms with E-state index in [1.165, 1.54) is 6.07 Å². The highest BCUT2D eigenvalue weighted by atomic mass is 19.1. The summed E-state index contributed by atoms with van der Waals surface area (Å²) in [6, 6.07) is 5.87. The highest BCUT2D eigenvalue weighted by Crippen LogP contribution is 2.21. The predicted octanol–water partition coefficient (Wildman–Crippen LogP) is 2.67. The second-order valence-electron chi connectivity index (χ2n) is 4.78. The Morgan fingerprint density at radius 3 is 2.85 bits per heavy atom. The maximum Gasteiger partial charge on any atom is 0.320 e. The summed E-state index contributed by atoms with van der Waals surface area (Å²) < 4.78 is 13.7. The number of nitrogens with zero attached hydrogens (tertiary/aromatic N) is 2. The Morgan fingerprint density at radius 2 is 2.20 bits per heavy atom. The Labute approximate surface area is 116 Å². The first-order chi connectivity index (χ1) is 9.54. The van der Waals surface area contributed by atoms with Crippen molar-refractivity contribution < 1.29 is 14.3 Å². The molecule has 0 aliphatic carbocycles. The molecule has 1 atom stereocenters. The van der Waals surface area contributed by atoms with Gasteiger partial charge in [0.05, 0.1) is 5.52 Å². The van der Waals surface area contributed by atoms with Gasteiger partial charge in [-0.2, -0.15) is 0 Å². The van der Waals surface area contributed by atoms with Gasteiger partial charge in [0.25, 0.3) is 0 Å². The molecule has 4 nitrogen and oxygen atoms in total. The predicted molar refractivity (Wildman–Crippen MR) is 74.9 cm³/mol. The number of carboxylic acid groups (broad SMARTS) is 1. The molecule has 1 unspecified atom stereocenters. The fourth-order valence-electron chi connectivity index (χ4n) is 2.38. The molecule has 5 heteroatoms. The van der Waals surface area contributed by atoms with Gasteiger partial charge in [-0.05, 0) is 37.2 Å². The summed E-state index contributed by atoms with van der Waals surface area (Å²) in [6.45, 7) is 2.24. The van der Waals surface area contributed by atoms with Crippen molar-refractivity contribution in [3.63, 3.8) is 0 Å². The van der Waals surface area contributed by atoms with Gasteiger partial charge in [0.15, 0.2) is 0 Å². The van der Waals surface area contributed by atoms with Crippen LogP contribution in [0, 0.1) is 5.82 Å². The number of rotatable bonds is 5. The highest BCUT2D eigenvalue weighted by Gasteiger charge is 2.21. The number of hydrogen-bond acceptors (Lipinski definition) is 3. The van der Waals surface area contributed by atoms with Crippen LogP contribution in [0.5, 0.6) is 0 Å². The Kier molecular flexibility index (Phi) is 4.29. The van der Waals surface area contributed by atoms with Crippen molar-refractivity contribution in [3.8, 4) is 0 Å². The van der Waals surface area contributed by atoms with E-state index in [1.807, 2.05) is 6.92 Å². The molecule has 0 spiro atoms. The van der Waals surface area contributed by atoms with Crippen molar-refractivity contribution in [2.45, 2.75) is 25.9 Å². The molecule has 1 N–H and O–H groups in total. The molecular weight excluding hydrogens is 259 g/mol. The smallest absolute Gasteiger partial charge is 0.320 e. The Balaban J connectivity index is 2.35. The van der Waals surface area contributed by atoms with Crippen LogP contribution in [0.25, 0.3) is 10.9 Å². The van der Waals surface area contributed by atoms with Crippen LogP contribution in [0.4, 0.5) is 4.39 Å². The van der Waals surface area contributed by atoms with Crippen LogP contribution < -0.4 is 0 Å². The normalized spacial score (nSPS) is 12.8. The van der Waals surface area contributed by atoms with E-state index >= 15 is 0 Å². The van der Waals surface area contributed by atoms with E-state index in [2.05, 4.69) is 4.98 Å². The first-order valence-corrected chi connectivity index (χ1v) is 6.49. The zero-order valence-electron chi connectivity index (χ0n) is 11.5. The molecule has 0 aliphatic heterocycles. The Morgan fingerprint density at radius 1 is 1.45 bits per heavy atom. The van der Waals surface area contributed by atoms with E-state index in [9.17, 15) is 9.18 Å². The fraction of sp³-hybridized carbons (Fsp3) is 0.333. The number of carbonyl (C=O) groups is 1. The molecular formula is C15H17FN2O2. The van der Waals surface area contributed by atoms with Crippen LogP contribution in [0.3, 0.4) is 0 Å². The fourth-order valence-corrected chi connectivity index (χ4v) is 2.38. The molecule has 0 amide bonds. The highest BCUT2D eigenvalue weighted by molar-refractivity contribution is 5.82. The van der Waals surface area contributed by atoms with Gasteiger partial charge in [-0.25, -0.2) is 4.39 Å². The van der Waals surface area contributed by atoms with Gasteiger partial charge in [-0.15, -0.1) is 0 Å². The van der Waals surface area contributed by atoms with Gasteiger partial charge in [-0.3, -0.25) is 14.7 Å². The molecule has 2 rings (SSSR count). The lowest BCUT2D eigenvalue weighted by Crippen LogP contribution is -2.37. The third-order valence-electron chi connectivity index (χ3n) is 3.42. The van der Waals surface area contributed by atoms with Gasteiger partial charge >= 0.3 is 5.97 Å². The molecule has 0 saturated heterocycles. The first-order valence-electron chi connectivity index (χ1n) is 6.49. The number of hydrogen-bond donors (Lipinski definition) is 1. The van der Waals surface area contributed by atoms with E-state index in [0.717, 1.165) is 5.56 Å². The van der Waals surface area contributed by atoms with E-state index in [0.29, 0.717) is 23.9 Å². The molecule has 2 aromatic rings. The van der Waals surface area contributed by atoms with Gasteiger partial charge in [0.2, 0.25) is 0 Å². The second-order valence-corrected chi connectivity index (χ2v) is 4.78. The quantitative estimate of drug-likeness (QED) is 0.912. The van der Waals surface area contributed by atoms with Crippen LogP contribution in [0.15, 0.2) is 30.5 Å². The molecule has 0 bridgehead atoms. The number of benzene rings is 1. The van der Waals surface area contributed by atoms with Crippen molar-refractivity contribution in [3.05, 3.63) is 41.8 Å². The minimum Gasteiger partial charge on any atom is -0.480 e. The number of aromatic nitrogens is 1. The summed E-state index contributed by atoms with van der Waals surface area (Å²) in [6.07, 6.45) is 2.12. The summed E-state index contributed by atoms with van der Waals surface area (Å²) in [5.74, 6) is -1.17. The lowest BCUT2D eigenvalue weighted by molar-refractivity contribution is -0.143. The zero-order chi connectivity index (χ0) is 14.7. The third kappa shape index (κ3) is 2.77. The van der Waals surface area contributed by atoms with E-state index in [-0.39, 0.29) is 5.82 Å². The van der Waals surface area contributed by atoms with Crippen LogP contribution in [-0.2, 0) is 11.3 Å². The monoisotopic (exact) mass is 276 g/mol. The standard InChI is InChI=1S/C15H17FN2O2/c1-3-13(15(19)20)18(2)9-10-6-7-12(16)11-5-4-8-17-14(10)11/h4-8,13H,3,9H2,1-2H3,(H,19,20). The van der Waals surface area contributed by atoms with Crippen molar-refractivity contribution in [1.29, 1.82) is 0 Å². The summed E-state index contributed by atoms with van der Waals surface area (Å²) in [5.41, 5.74) is 1.41. The topological polar surface area (TPSA) is 53.4 Å². The molecule has 0 saturated carbocycles. The van der Waals surface area contributed by atoms with E-state index < -0.39 is 12.0 Å². The van der Waals surface area contributed by atoms with Gasteiger partial charge < -0.3 is 5.11 Å². The van der Waals surface area contributed by atoms with Crippen molar-refractivity contribution in [1.82, 2.24) is 9.88 Å². The first kappa shape index (κ1) is 14.4. The van der Waals surface area contributed by atoms with Crippen LogP contribution in [-0.4, -0.2) is 34.0 Å². The maximum atomic E-state index is 13.7. The zero-order valence-corrected chi connectivity index (χ0v) is 11.5. The number of fused-ring (bicyclic) bond motifs is 1. The van der Waals surface area contributed by atoms with Gasteiger partial charge in [0, 0.05) is 18.1 Å². The van der Waals surface area contributed by atoms with Crippen molar-refractivity contribution in [2.75, 3.05) is 7.05 Å². The molecule has 1 aromatic heterocycles. The average Bonchev–Trinajstić information content (AvgIpc) is 2.42. The minimum absolute atomic E-state index is 0.315. The molecule has 1 heterocycles. The maximum absolute atomic E-state index is 13.7. The van der Waals surface area contributed by atoms with Crippen LogP contribution in [0.2, 0.25) is 0 Å². The van der Waals surface area contributed by atoms with Crippen LogP contribution in [0.1, 0.15) is 18.9 Å². The number of aliphatic carboxylic acids is 1. The molecule has 20 heavy (non-hydrogen) atoms. The third-order valence-corrected chi connectivity index (χ3v) is 3.42. The summed E-state index contributed by atoms with van der Waals surface area (Å²) in [5, 5.41) is 9.62.